The lowest BCUT2D eigenvalue weighted by atomic mass is 9.98. The van der Waals surface area contributed by atoms with Crippen molar-refractivity contribution in [2.45, 2.75) is 19.0 Å². The zero-order valence-corrected chi connectivity index (χ0v) is 18.6. The first-order valence-electron chi connectivity index (χ1n) is 10.7. The van der Waals surface area contributed by atoms with E-state index in [0.717, 1.165) is 16.7 Å². The predicted molar refractivity (Wildman–Crippen MR) is 127 cm³/mol. The molecule has 0 radical (unpaired) electrons. The predicted octanol–water partition coefficient (Wildman–Crippen LogP) is 3.01. The molecule has 2 aromatic carbocycles. The van der Waals surface area contributed by atoms with E-state index in [-0.39, 0.29) is 29.8 Å². The first-order valence-corrected chi connectivity index (χ1v) is 11.6. The standard InChI is InChI=1S/C25H22N4O3S/c30-22(15-29-16-27-21-10-11-33-23(21)25(29)32)26-12-19(17-6-2-1-3-7-17)14-28-13-18-8-4-5-9-20(18)24(28)31/h1-11,16,19H,12-15H2,(H,26,30)/t19-/m0/s1. The zero-order valence-electron chi connectivity index (χ0n) is 17.8. The average Bonchev–Trinajstić information content (AvgIpc) is 3.44. The molecule has 4 aromatic rings. The van der Waals surface area contributed by atoms with E-state index in [0.29, 0.717) is 29.9 Å². The lowest BCUT2D eigenvalue weighted by molar-refractivity contribution is -0.121. The van der Waals surface area contributed by atoms with Crippen molar-refractivity contribution in [3.63, 3.8) is 0 Å². The van der Waals surface area contributed by atoms with Crippen LogP contribution in [0.1, 0.15) is 27.4 Å². The van der Waals surface area contributed by atoms with Crippen molar-refractivity contribution in [1.82, 2.24) is 19.8 Å². The van der Waals surface area contributed by atoms with Gasteiger partial charge >= 0.3 is 0 Å². The van der Waals surface area contributed by atoms with Gasteiger partial charge in [-0.25, -0.2) is 4.98 Å². The lowest BCUT2D eigenvalue weighted by Gasteiger charge is -2.24. The van der Waals surface area contributed by atoms with E-state index in [4.69, 9.17) is 0 Å². The second-order valence-electron chi connectivity index (χ2n) is 8.07. The molecule has 2 aromatic heterocycles. The Balaban J connectivity index is 1.29. The zero-order chi connectivity index (χ0) is 22.8. The molecule has 8 heteroatoms. The van der Waals surface area contributed by atoms with Gasteiger partial charge in [0.15, 0.2) is 0 Å². The number of rotatable bonds is 7. The molecule has 0 unspecified atom stereocenters. The van der Waals surface area contributed by atoms with Gasteiger partial charge in [0.1, 0.15) is 11.2 Å². The Kier molecular flexibility index (Phi) is 5.75. The van der Waals surface area contributed by atoms with Crippen molar-refractivity contribution in [2.24, 2.45) is 0 Å². The second kappa shape index (κ2) is 8.99. The highest BCUT2D eigenvalue weighted by molar-refractivity contribution is 7.17. The van der Waals surface area contributed by atoms with Crippen molar-refractivity contribution >= 4 is 33.4 Å². The number of benzene rings is 2. The molecule has 0 saturated carbocycles. The summed E-state index contributed by atoms with van der Waals surface area (Å²) in [4.78, 5) is 44.2. The van der Waals surface area contributed by atoms with Crippen LogP contribution in [-0.2, 0) is 17.9 Å². The molecule has 0 aliphatic carbocycles. The first-order chi connectivity index (χ1) is 16.1. The average molecular weight is 459 g/mol. The van der Waals surface area contributed by atoms with Gasteiger partial charge in [0.2, 0.25) is 5.91 Å². The SMILES string of the molecule is O=C(Cn1cnc2ccsc2c1=O)NC[C@@H](CN1Cc2ccccc2C1=O)c1ccccc1. The monoisotopic (exact) mass is 458 g/mol. The van der Waals surface area contributed by atoms with Crippen molar-refractivity contribution < 1.29 is 9.59 Å². The normalized spacial score (nSPS) is 13.8. The summed E-state index contributed by atoms with van der Waals surface area (Å²) >= 11 is 1.32. The maximum Gasteiger partial charge on any atom is 0.271 e. The van der Waals surface area contributed by atoms with Gasteiger partial charge in [0, 0.05) is 31.1 Å². The molecular formula is C25H22N4O3S. The van der Waals surface area contributed by atoms with Crippen LogP contribution in [0, 0.1) is 0 Å². The summed E-state index contributed by atoms with van der Waals surface area (Å²) in [5.41, 5.74) is 3.23. The Morgan fingerprint density at radius 3 is 2.67 bits per heavy atom. The Bertz CT molecular complexity index is 1380. The van der Waals surface area contributed by atoms with Gasteiger partial charge in [-0.15, -0.1) is 11.3 Å². The number of amides is 2. The molecule has 33 heavy (non-hydrogen) atoms. The number of thiophene rings is 1. The quantitative estimate of drug-likeness (QED) is 0.461. The van der Waals surface area contributed by atoms with Gasteiger partial charge < -0.3 is 10.2 Å². The summed E-state index contributed by atoms with van der Waals surface area (Å²) < 4.78 is 1.87. The van der Waals surface area contributed by atoms with Gasteiger partial charge in [-0.1, -0.05) is 48.5 Å². The highest BCUT2D eigenvalue weighted by Crippen LogP contribution is 2.26. The Labute approximate surface area is 194 Å². The number of hydrogen-bond donors (Lipinski definition) is 1. The molecule has 1 atom stereocenters. The fraction of sp³-hybridized carbons (Fsp3) is 0.200. The minimum Gasteiger partial charge on any atom is -0.354 e. The molecular weight excluding hydrogens is 436 g/mol. The van der Waals surface area contributed by atoms with Crippen LogP contribution in [0.25, 0.3) is 10.2 Å². The third kappa shape index (κ3) is 4.29. The lowest BCUT2D eigenvalue weighted by Crippen LogP contribution is -2.38. The Hall–Kier alpha value is -3.78. The van der Waals surface area contributed by atoms with E-state index in [1.54, 1.807) is 6.07 Å². The number of carbonyl (C=O) groups excluding carboxylic acids is 2. The van der Waals surface area contributed by atoms with Crippen LogP contribution in [0.3, 0.4) is 0 Å². The summed E-state index contributed by atoms with van der Waals surface area (Å²) in [6.07, 6.45) is 1.41. The highest BCUT2D eigenvalue weighted by Gasteiger charge is 2.29. The first kappa shape index (κ1) is 21.1. The van der Waals surface area contributed by atoms with E-state index in [1.165, 1.54) is 22.2 Å². The fourth-order valence-corrected chi connectivity index (χ4v) is 4.97. The van der Waals surface area contributed by atoms with Crippen LogP contribution in [0.2, 0.25) is 0 Å². The largest absolute Gasteiger partial charge is 0.354 e. The van der Waals surface area contributed by atoms with Crippen LogP contribution in [-0.4, -0.2) is 39.4 Å². The molecule has 5 rings (SSSR count). The Morgan fingerprint density at radius 1 is 1.06 bits per heavy atom. The molecule has 0 saturated heterocycles. The van der Waals surface area contributed by atoms with E-state index >= 15 is 0 Å². The number of hydrogen-bond acceptors (Lipinski definition) is 5. The van der Waals surface area contributed by atoms with Gasteiger partial charge in [-0.05, 0) is 28.6 Å². The summed E-state index contributed by atoms with van der Waals surface area (Å²) in [7, 11) is 0. The molecule has 1 aliphatic rings. The fourth-order valence-electron chi connectivity index (χ4n) is 4.18. The maximum absolute atomic E-state index is 12.9. The third-order valence-corrected chi connectivity index (χ3v) is 6.79. The van der Waals surface area contributed by atoms with E-state index in [1.807, 2.05) is 64.9 Å². The maximum atomic E-state index is 12.9. The van der Waals surface area contributed by atoms with Gasteiger partial charge in [-0.3, -0.25) is 19.0 Å². The number of fused-ring (bicyclic) bond motifs is 2. The summed E-state index contributed by atoms with van der Waals surface area (Å²) in [5.74, 6) is -0.338. The molecule has 0 fully saturated rings. The molecule has 0 bridgehead atoms. The van der Waals surface area contributed by atoms with Crippen LogP contribution < -0.4 is 10.9 Å². The van der Waals surface area contributed by atoms with Crippen molar-refractivity contribution in [3.05, 3.63) is 99.4 Å². The minimum atomic E-state index is -0.272. The van der Waals surface area contributed by atoms with Gasteiger partial charge in [0.25, 0.3) is 11.5 Å². The van der Waals surface area contributed by atoms with Crippen molar-refractivity contribution in [3.8, 4) is 0 Å². The van der Waals surface area contributed by atoms with E-state index in [9.17, 15) is 14.4 Å². The number of carbonyl (C=O) groups is 2. The number of aromatic nitrogens is 2. The van der Waals surface area contributed by atoms with Crippen LogP contribution in [0.4, 0.5) is 0 Å². The van der Waals surface area contributed by atoms with Crippen molar-refractivity contribution in [1.29, 1.82) is 0 Å². The van der Waals surface area contributed by atoms with E-state index in [2.05, 4.69) is 10.3 Å². The molecule has 0 spiro atoms. The van der Waals surface area contributed by atoms with Gasteiger partial charge in [0.05, 0.1) is 11.8 Å². The molecule has 166 valence electrons. The third-order valence-electron chi connectivity index (χ3n) is 5.90. The summed E-state index contributed by atoms with van der Waals surface area (Å²) in [5, 5.41) is 4.76. The smallest absolute Gasteiger partial charge is 0.271 e. The van der Waals surface area contributed by atoms with E-state index < -0.39 is 0 Å². The molecule has 1 aliphatic heterocycles. The topological polar surface area (TPSA) is 84.3 Å². The minimum absolute atomic E-state index is 0.0136. The molecule has 7 nitrogen and oxygen atoms in total. The van der Waals surface area contributed by atoms with Gasteiger partial charge in [-0.2, -0.15) is 0 Å². The second-order valence-corrected chi connectivity index (χ2v) is 8.98. The highest BCUT2D eigenvalue weighted by atomic mass is 32.1. The Morgan fingerprint density at radius 2 is 1.85 bits per heavy atom. The summed E-state index contributed by atoms with van der Waals surface area (Å²) in [6, 6.07) is 19.3. The summed E-state index contributed by atoms with van der Waals surface area (Å²) in [6.45, 7) is 1.30. The number of nitrogens with one attached hydrogen (secondary N) is 1. The van der Waals surface area contributed by atoms with Crippen molar-refractivity contribution in [2.75, 3.05) is 13.1 Å². The van der Waals surface area contributed by atoms with Crippen LogP contribution >= 0.6 is 11.3 Å². The van der Waals surface area contributed by atoms with Crippen LogP contribution in [0.15, 0.2) is 77.2 Å². The molecule has 2 amide bonds. The molecule has 1 N–H and O–H groups in total. The number of nitrogens with zero attached hydrogens (tertiary/aromatic N) is 3. The molecule has 3 heterocycles. The van der Waals surface area contributed by atoms with Crippen LogP contribution in [0.5, 0.6) is 0 Å².